The van der Waals surface area contributed by atoms with Crippen molar-refractivity contribution in [2.24, 2.45) is 0 Å². The van der Waals surface area contributed by atoms with Crippen LogP contribution in [0, 0.1) is 0 Å². The van der Waals surface area contributed by atoms with Crippen LogP contribution < -0.4 is 0 Å². The summed E-state index contributed by atoms with van der Waals surface area (Å²) in [4.78, 5) is 0. The standard InChI is InChI=1S/C40H40Se/c1-3-5-7-9-19-31-25-37-39(35-23-29-17-13-11-15-27(29)21-33(31)35)40-36-24-30-18-14-12-16-28(30)22-34(36)32(26-38(40)41-37)20-10-8-6-4-2/h11-18,21-26H,3-10,19-20H2,1-2H3. The van der Waals surface area contributed by atoms with E-state index < -0.39 is 0 Å². The Morgan fingerprint density at radius 1 is 0.439 bits per heavy atom. The molecule has 0 saturated heterocycles. The van der Waals surface area contributed by atoms with Crippen LogP contribution in [0.1, 0.15) is 76.3 Å². The molecule has 0 unspecified atom stereocenters. The van der Waals surface area contributed by atoms with Crippen LogP contribution in [-0.4, -0.2) is 14.5 Å². The Morgan fingerprint density at radius 2 is 0.829 bits per heavy atom. The fourth-order valence-corrected chi connectivity index (χ4v) is 9.66. The van der Waals surface area contributed by atoms with Crippen molar-refractivity contribution < 1.29 is 0 Å². The molecule has 1 aromatic heterocycles. The summed E-state index contributed by atoms with van der Waals surface area (Å²) in [6.07, 6.45) is 12.8. The summed E-state index contributed by atoms with van der Waals surface area (Å²) < 4.78 is 3.19. The summed E-state index contributed by atoms with van der Waals surface area (Å²) in [6.45, 7) is 4.62. The zero-order valence-electron chi connectivity index (χ0n) is 24.6. The quantitative estimate of drug-likeness (QED) is 0.0833. The Hall–Kier alpha value is -3.12. The molecule has 0 fully saturated rings. The van der Waals surface area contributed by atoms with E-state index in [9.17, 15) is 0 Å². The molecule has 7 rings (SSSR count). The summed E-state index contributed by atoms with van der Waals surface area (Å²) in [5.41, 5.74) is 3.12. The number of unbranched alkanes of at least 4 members (excludes halogenated alkanes) is 6. The van der Waals surface area contributed by atoms with Gasteiger partial charge in [-0.1, -0.05) is 0 Å². The maximum absolute atomic E-state index is 2.62. The van der Waals surface area contributed by atoms with Crippen molar-refractivity contribution in [2.75, 3.05) is 0 Å². The molecule has 0 aliphatic rings. The predicted octanol–water partition coefficient (Wildman–Crippen LogP) is 11.9. The number of benzene rings is 6. The van der Waals surface area contributed by atoms with E-state index in [2.05, 4.69) is 98.8 Å². The molecular weight excluding hydrogens is 559 g/mol. The molecule has 7 aromatic rings. The van der Waals surface area contributed by atoms with Gasteiger partial charge in [0, 0.05) is 0 Å². The van der Waals surface area contributed by atoms with Gasteiger partial charge in [0.25, 0.3) is 0 Å². The first kappa shape index (κ1) is 26.8. The third-order valence-corrected chi connectivity index (χ3v) is 11.4. The molecule has 0 saturated carbocycles. The zero-order chi connectivity index (χ0) is 27.8. The summed E-state index contributed by atoms with van der Waals surface area (Å²) in [5, 5.41) is 14.4. The van der Waals surface area contributed by atoms with Crippen LogP contribution in [0.3, 0.4) is 0 Å². The third kappa shape index (κ3) is 4.98. The molecule has 0 N–H and O–H groups in total. The number of hydrogen-bond donors (Lipinski definition) is 0. The first-order chi connectivity index (χ1) is 20.2. The SMILES string of the molecule is CCCCCCc1cc2[se]c3cc(CCCCCC)c4cc5ccccc5cc4c3c2c2cc3ccccc3cc12. The molecule has 6 aromatic carbocycles. The summed E-state index contributed by atoms with van der Waals surface area (Å²) in [6, 6.07) is 33.1. The minimum atomic E-state index is 0.334. The number of fused-ring (bicyclic) bond motifs is 9. The van der Waals surface area contributed by atoms with Gasteiger partial charge >= 0.3 is 251 Å². The molecule has 0 bridgehead atoms. The van der Waals surface area contributed by atoms with Gasteiger partial charge in [-0.2, -0.15) is 0 Å². The van der Waals surface area contributed by atoms with Gasteiger partial charge in [0.2, 0.25) is 0 Å². The molecule has 41 heavy (non-hydrogen) atoms. The summed E-state index contributed by atoms with van der Waals surface area (Å²) >= 11 is 0.334. The second kappa shape index (κ2) is 11.6. The van der Waals surface area contributed by atoms with E-state index in [1.165, 1.54) is 118 Å². The molecule has 0 radical (unpaired) electrons. The molecular formula is C40H40Se. The van der Waals surface area contributed by atoms with E-state index in [1.54, 1.807) is 19.6 Å². The van der Waals surface area contributed by atoms with Crippen molar-refractivity contribution in [2.45, 2.75) is 78.1 Å². The Morgan fingerprint density at radius 3 is 1.22 bits per heavy atom. The van der Waals surface area contributed by atoms with Gasteiger partial charge in [0.05, 0.1) is 0 Å². The average Bonchev–Trinajstić information content (AvgIpc) is 3.38. The van der Waals surface area contributed by atoms with Gasteiger partial charge in [-0.3, -0.25) is 0 Å². The maximum atomic E-state index is 2.62. The van der Waals surface area contributed by atoms with Crippen LogP contribution in [0.25, 0.3) is 62.4 Å². The Bertz CT molecular complexity index is 1880. The van der Waals surface area contributed by atoms with Gasteiger partial charge < -0.3 is 0 Å². The van der Waals surface area contributed by atoms with Gasteiger partial charge in [-0.05, 0) is 0 Å². The Balaban J connectivity index is 1.54. The van der Waals surface area contributed by atoms with Crippen LogP contribution >= 0.6 is 0 Å². The second-order valence-electron chi connectivity index (χ2n) is 12.0. The molecule has 0 amide bonds. The van der Waals surface area contributed by atoms with Crippen molar-refractivity contribution >= 4 is 76.9 Å². The molecule has 0 spiro atoms. The molecule has 0 aliphatic carbocycles. The van der Waals surface area contributed by atoms with Gasteiger partial charge in [-0.25, -0.2) is 0 Å². The summed E-state index contributed by atoms with van der Waals surface area (Å²) in [7, 11) is 0. The predicted molar refractivity (Wildman–Crippen MR) is 184 cm³/mol. The Labute approximate surface area is 250 Å². The average molecular weight is 600 g/mol. The molecule has 1 heterocycles. The number of aryl methyl sites for hydroxylation is 2. The van der Waals surface area contributed by atoms with Gasteiger partial charge in [0.15, 0.2) is 0 Å². The molecule has 0 nitrogen and oxygen atoms in total. The van der Waals surface area contributed by atoms with E-state index in [-0.39, 0.29) is 0 Å². The number of rotatable bonds is 10. The van der Waals surface area contributed by atoms with Crippen LogP contribution in [0.4, 0.5) is 0 Å². The topological polar surface area (TPSA) is 0 Å². The van der Waals surface area contributed by atoms with Crippen molar-refractivity contribution in [3.05, 3.63) is 96.1 Å². The zero-order valence-corrected chi connectivity index (χ0v) is 26.3. The van der Waals surface area contributed by atoms with E-state index in [1.807, 2.05) is 0 Å². The first-order valence-corrected chi connectivity index (χ1v) is 17.6. The van der Waals surface area contributed by atoms with Crippen LogP contribution in [0.2, 0.25) is 0 Å². The van der Waals surface area contributed by atoms with E-state index >= 15 is 0 Å². The van der Waals surface area contributed by atoms with Crippen LogP contribution in [-0.2, 0) is 12.8 Å². The first-order valence-electron chi connectivity index (χ1n) is 15.9. The second-order valence-corrected chi connectivity index (χ2v) is 14.3. The van der Waals surface area contributed by atoms with Crippen molar-refractivity contribution in [1.82, 2.24) is 0 Å². The van der Waals surface area contributed by atoms with Gasteiger partial charge in [-0.15, -0.1) is 0 Å². The van der Waals surface area contributed by atoms with E-state index in [4.69, 9.17) is 0 Å². The van der Waals surface area contributed by atoms with Crippen LogP contribution in [0.15, 0.2) is 84.9 Å². The van der Waals surface area contributed by atoms with Crippen molar-refractivity contribution in [3.8, 4) is 0 Å². The Kier molecular flexibility index (Phi) is 7.59. The number of hydrogen-bond acceptors (Lipinski definition) is 0. The fraction of sp³-hybridized carbons (Fsp3) is 0.300. The van der Waals surface area contributed by atoms with E-state index in [0.717, 1.165) is 0 Å². The van der Waals surface area contributed by atoms with Gasteiger partial charge in [0.1, 0.15) is 0 Å². The summed E-state index contributed by atoms with van der Waals surface area (Å²) in [5.74, 6) is 0. The molecule has 0 aliphatic heterocycles. The molecule has 1 heteroatoms. The molecule has 206 valence electrons. The third-order valence-electron chi connectivity index (χ3n) is 9.18. The molecule has 0 atom stereocenters. The van der Waals surface area contributed by atoms with Crippen LogP contribution in [0.5, 0.6) is 0 Å². The monoisotopic (exact) mass is 600 g/mol. The normalized spacial score (nSPS) is 12.1. The van der Waals surface area contributed by atoms with Crippen molar-refractivity contribution in [1.29, 1.82) is 0 Å². The fourth-order valence-electron chi connectivity index (χ4n) is 7.00. The minimum absolute atomic E-state index is 0.334. The van der Waals surface area contributed by atoms with E-state index in [0.29, 0.717) is 14.5 Å². The van der Waals surface area contributed by atoms with Crippen molar-refractivity contribution in [3.63, 3.8) is 0 Å².